The number of para-hydroxylation sites is 1. The van der Waals surface area contributed by atoms with Crippen LogP contribution in [0.5, 0.6) is 17.2 Å². The molecule has 1 heterocycles. The van der Waals surface area contributed by atoms with Crippen LogP contribution in [0.4, 0.5) is 5.69 Å². The Morgan fingerprint density at radius 3 is 2.30 bits per heavy atom. The van der Waals surface area contributed by atoms with E-state index < -0.39 is 6.10 Å². The first kappa shape index (κ1) is 23.1. The molecule has 0 radical (unpaired) electrons. The summed E-state index contributed by atoms with van der Waals surface area (Å²) < 4.78 is 11.8. The summed E-state index contributed by atoms with van der Waals surface area (Å²) in [4.78, 5) is 2.32. The Kier molecular flexibility index (Phi) is 7.53. The van der Waals surface area contributed by atoms with Crippen molar-refractivity contribution >= 4 is 5.69 Å². The maximum atomic E-state index is 10.5. The predicted octanol–water partition coefficient (Wildman–Crippen LogP) is 5.30. The number of rotatable bonds is 8. The normalized spacial score (nSPS) is 15.8. The number of hydrogen-bond acceptors (Lipinski definition) is 5. The van der Waals surface area contributed by atoms with Gasteiger partial charge in [-0.1, -0.05) is 36.4 Å². The Morgan fingerprint density at radius 1 is 0.970 bits per heavy atom. The van der Waals surface area contributed by atoms with Gasteiger partial charge >= 0.3 is 0 Å². The lowest BCUT2D eigenvalue weighted by molar-refractivity contribution is 0.0595. The Morgan fingerprint density at radius 2 is 1.64 bits per heavy atom. The molecule has 3 aromatic rings. The van der Waals surface area contributed by atoms with E-state index in [1.165, 1.54) is 5.56 Å². The first-order chi connectivity index (χ1) is 16.0. The maximum absolute atomic E-state index is 10.5. The van der Waals surface area contributed by atoms with Gasteiger partial charge in [0.05, 0.1) is 5.69 Å². The summed E-state index contributed by atoms with van der Waals surface area (Å²) in [6, 6.07) is 22.2. The van der Waals surface area contributed by atoms with Gasteiger partial charge in [0.2, 0.25) is 0 Å². The van der Waals surface area contributed by atoms with E-state index in [-0.39, 0.29) is 6.61 Å². The largest absolute Gasteiger partial charge is 0.488 e. The van der Waals surface area contributed by atoms with Crippen molar-refractivity contribution in [3.05, 3.63) is 83.4 Å². The van der Waals surface area contributed by atoms with Gasteiger partial charge in [-0.15, -0.1) is 0 Å². The number of anilines is 1. The molecule has 4 rings (SSSR count). The zero-order chi connectivity index (χ0) is 23.2. The van der Waals surface area contributed by atoms with Crippen LogP contribution in [0.25, 0.3) is 0 Å². The average Bonchev–Trinajstić information content (AvgIpc) is 2.80. The Labute approximate surface area is 196 Å². The molecule has 0 saturated carbocycles. The highest BCUT2D eigenvalue weighted by Gasteiger charge is 2.22. The fourth-order valence-corrected chi connectivity index (χ4v) is 4.60. The molecule has 174 valence electrons. The second-order valence-corrected chi connectivity index (χ2v) is 9.02. The second-order valence-electron chi connectivity index (χ2n) is 9.02. The fourth-order valence-electron chi connectivity index (χ4n) is 4.60. The van der Waals surface area contributed by atoms with Crippen LogP contribution in [0.15, 0.2) is 66.7 Å². The van der Waals surface area contributed by atoms with Crippen molar-refractivity contribution in [2.75, 3.05) is 32.0 Å². The number of benzene rings is 3. The van der Waals surface area contributed by atoms with Crippen molar-refractivity contribution in [2.45, 2.75) is 38.7 Å². The van der Waals surface area contributed by atoms with Crippen LogP contribution in [0, 0.1) is 13.8 Å². The monoisotopic (exact) mass is 446 g/mol. The number of hydrogen-bond donors (Lipinski definition) is 2. The first-order valence-electron chi connectivity index (χ1n) is 11.7. The molecule has 0 aliphatic carbocycles. The van der Waals surface area contributed by atoms with Crippen molar-refractivity contribution in [2.24, 2.45) is 0 Å². The summed E-state index contributed by atoms with van der Waals surface area (Å²) in [5.41, 5.74) is 10.2. The van der Waals surface area contributed by atoms with Gasteiger partial charge < -0.3 is 25.2 Å². The molecule has 1 aliphatic rings. The number of nitrogens with zero attached hydrogens (tertiary/aromatic N) is 1. The van der Waals surface area contributed by atoms with Crippen molar-refractivity contribution in [1.82, 2.24) is 4.90 Å². The van der Waals surface area contributed by atoms with E-state index in [0.717, 1.165) is 48.6 Å². The standard InChI is InChI=1S/C28H34N2O3/c1-20-16-21(2)28(27(29)17-20)32-19-24(31)18-30-14-12-23(13-15-30)22-8-10-26(11-9-22)33-25-6-4-3-5-7-25/h3-11,16-17,23-24,31H,12-15,18-19,29H2,1-2H3/t24-/m0/s1. The highest BCUT2D eigenvalue weighted by atomic mass is 16.5. The SMILES string of the molecule is Cc1cc(C)c(OC[C@@H](O)CN2CCC(c3ccc(Oc4ccccc4)cc3)CC2)c(N)c1. The third-order valence-electron chi connectivity index (χ3n) is 6.25. The molecule has 0 amide bonds. The lowest BCUT2D eigenvalue weighted by atomic mass is 9.89. The average molecular weight is 447 g/mol. The highest BCUT2D eigenvalue weighted by Crippen LogP contribution is 2.31. The lowest BCUT2D eigenvalue weighted by Gasteiger charge is -2.33. The number of piperidine rings is 1. The van der Waals surface area contributed by atoms with E-state index in [0.29, 0.717) is 23.9 Å². The molecule has 0 bridgehead atoms. The van der Waals surface area contributed by atoms with Crippen LogP contribution in [0.1, 0.15) is 35.4 Å². The number of likely N-dealkylation sites (tertiary alicyclic amines) is 1. The number of nitrogens with two attached hydrogens (primary N) is 1. The summed E-state index contributed by atoms with van der Waals surface area (Å²) in [5, 5.41) is 10.5. The van der Waals surface area contributed by atoms with E-state index in [1.807, 2.05) is 56.3 Å². The van der Waals surface area contributed by atoms with Gasteiger partial charge in [-0.25, -0.2) is 0 Å². The molecule has 33 heavy (non-hydrogen) atoms. The lowest BCUT2D eigenvalue weighted by Crippen LogP contribution is -2.40. The summed E-state index contributed by atoms with van der Waals surface area (Å²) in [7, 11) is 0. The van der Waals surface area contributed by atoms with Gasteiger partial charge in [-0.2, -0.15) is 0 Å². The second kappa shape index (κ2) is 10.7. The number of ether oxygens (including phenoxy) is 2. The van der Waals surface area contributed by atoms with Crippen LogP contribution in [-0.4, -0.2) is 42.4 Å². The third-order valence-corrected chi connectivity index (χ3v) is 6.25. The van der Waals surface area contributed by atoms with Gasteiger partial charge in [0.25, 0.3) is 0 Å². The topological polar surface area (TPSA) is 68.0 Å². The van der Waals surface area contributed by atoms with Crippen molar-refractivity contribution in [1.29, 1.82) is 0 Å². The summed E-state index contributed by atoms with van der Waals surface area (Å²) in [5.74, 6) is 2.92. The fraction of sp³-hybridized carbons (Fsp3) is 0.357. The van der Waals surface area contributed by atoms with E-state index in [9.17, 15) is 5.11 Å². The molecule has 5 heteroatoms. The number of aryl methyl sites for hydroxylation is 2. The third kappa shape index (κ3) is 6.28. The molecule has 1 atom stereocenters. The molecule has 1 aliphatic heterocycles. The Bertz CT molecular complexity index is 1010. The quantitative estimate of drug-likeness (QED) is 0.460. The van der Waals surface area contributed by atoms with Crippen LogP contribution in [0.2, 0.25) is 0 Å². The van der Waals surface area contributed by atoms with E-state index in [4.69, 9.17) is 15.2 Å². The molecule has 1 fully saturated rings. The number of nitrogen functional groups attached to an aromatic ring is 1. The van der Waals surface area contributed by atoms with E-state index >= 15 is 0 Å². The summed E-state index contributed by atoms with van der Waals surface area (Å²) >= 11 is 0. The van der Waals surface area contributed by atoms with Gasteiger partial charge in [0.15, 0.2) is 0 Å². The minimum absolute atomic E-state index is 0.247. The minimum Gasteiger partial charge on any atom is -0.488 e. The predicted molar refractivity (Wildman–Crippen MR) is 133 cm³/mol. The number of β-amino-alcohol motifs (C(OH)–C–C–N with tert-alkyl or cyclic N) is 1. The van der Waals surface area contributed by atoms with Crippen molar-refractivity contribution in [3.8, 4) is 17.2 Å². The van der Waals surface area contributed by atoms with E-state index in [2.05, 4.69) is 29.2 Å². The van der Waals surface area contributed by atoms with Gasteiger partial charge in [0.1, 0.15) is 30.0 Å². The van der Waals surface area contributed by atoms with Crippen LogP contribution in [-0.2, 0) is 0 Å². The van der Waals surface area contributed by atoms with E-state index in [1.54, 1.807) is 0 Å². The zero-order valence-corrected chi connectivity index (χ0v) is 19.5. The number of aliphatic hydroxyl groups is 1. The van der Waals surface area contributed by atoms with Gasteiger partial charge in [-0.05, 0) is 92.7 Å². The summed E-state index contributed by atoms with van der Waals surface area (Å²) in [6.45, 7) is 6.79. The summed E-state index contributed by atoms with van der Waals surface area (Å²) in [6.07, 6.45) is 1.61. The Hall–Kier alpha value is -3.02. The first-order valence-corrected chi connectivity index (χ1v) is 11.7. The molecular weight excluding hydrogens is 412 g/mol. The molecule has 5 nitrogen and oxygen atoms in total. The smallest absolute Gasteiger partial charge is 0.145 e. The van der Waals surface area contributed by atoms with Crippen molar-refractivity contribution in [3.63, 3.8) is 0 Å². The maximum Gasteiger partial charge on any atom is 0.145 e. The molecule has 0 spiro atoms. The molecule has 1 saturated heterocycles. The van der Waals surface area contributed by atoms with Gasteiger partial charge in [0, 0.05) is 6.54 Å². The van der Waals surface area contributed by atoms with Crippen molar-refractivity contribution < 1.29 is 14.6 Å². The minimum atomic E-state index is -0.545. The molecular formula is C28H34N2O3. The molecule has 0 aromatic heterocycles. The molecule has 3 N–H and O–H groups in total. The highest BCUT2D eigenvalue weighted by molar-refractivity contribution is 5.58. The molecule has 3 aromatic carbocycles. The van der Waals surface area contributed by atoms with Crippen LogP contribution >= 0.6 is 0 Å². The van der Waals surface area contributed by atoms with Crippen LogP contribution in [0.3, 0.4) is 0 Å². The van der Waals surface area contributed by atoms with Gasteiger partial charge in [-0.3, -0.25) is 0 Å². The Balaban J connectivity index is 1.22. The zero-order valence-electron chi connectivity index (χ0n) is 19.5. The molecule has 0 unspecified atom stereocenters. The van der Waals surface area contributed by atoms with Crippen LogP contribution < -0.4 is 15.2 Å². The number of aliphatic hydroxyl groups excluding tert-OH is 1.